The zero-order chi connectivity index (χ0) is 31.2. The second-order valence-electron chi connectivity index (χ2n) is 11.3. The first-order valence-corrected chi connectivity index (χ1v) is 17.0. The van der Waals surface area contributed by atoms with Gasteiger partial charge in [-0.15, -0.1) is 11.8 Å². The van der Waals surface area contributed by atoms with E-state index in [4.69, 9.17) is 23.7 Å². The van der Waals surface area contributed by atoms with Crippen LogP contribution in [0.1, 0.15) is 88.5 Å². The normalized spacial score (nSPS) is 23.8. The molecular formula is C35H54O7S. The van der Waals surface area contributed by atoms with E-state index in [0.717, 1.165) is 61.0 Å². The topological polar surface area (TPSA) is 86.6 Å². The number of aliphatic hydroxyl groups excluding tert-OH is 1. The number of aliphatic hydroxyl groups is 2. The summed E-state index contributed by atoms with van der Waals surface area (Å²) in [4.78, 5) is -1.55. The van der Waals surface area contributed by atoms with Gasteiger partial charge in [-0.3, -0.25) is 0 Å². The second-order valence-corrected chi connectivity index (χ2v) is 12.8. The summed E-state index contributed by atoms with van der Waals surface area (Å²) in [6.07, 6.45) is 4.57. The van der Waals surface area contributed by atoms with Gasteiger partial charge in [-0.05, 0) is 80.5 Å². The smallest absolute Gasteiger partial charge is 0.168 e. The molecule has 3 rings (SSSR count). The summed E-state index contributed by atoms with van der Waals surface area (Å²) in [5.74, 6) is 1.43. The first kappa shape index (κ1) is 35.7. The maximum absolute atomic E-state index is 12.8. The second kappa shape index (κ2) is 18.2. The van der Waals surface area contributed by atoms with Crippen LogP contribution in [0.15, 0.2) is 36.4 Å². The number of aryl methyl sites for hydroxylation is 1. The van der Waals surface area contributed by atoms with Gasteiger partial charge in [0.25, 0.3) is 0 Å². The Morgan fingerprint density at radius 1 is 0.837 bits per heavy atom. The molecule has 2 aromatic rings. The molecule has 0 aliphatic carbocycles. The molecule has 8 heteroatoms. The van der Waals surface area contributed by atoms with Crippen molar-refractivity contribution in [1.82, 2.24) is 0 Å². The lowest BCUT2D eigenvalue weighted by Crippen LogP contribution is -2.61. The number of benzene rings is 2. The number of rotatable bonds is 19. The van der Waals surface area contributed by atoms with Crippen molar-refractivity contribution in [3.63, 3.8) is 0 Å². The quantitative estimate of drug-likeness (QED) is 0.166. The summed E-state index contributed by atoms with van der Waals surface area (Å²) in [5, 5.41) is 23.0. The van der Waals surface area contributed by atoms with Crippen molar-refractivity contribution in [3.8, 4) is 11.5 Å². The van der Waals surface area contributed by atoms with Crippen LogP contribution in [0.2, 0.25) is 0 Å². The Labute approximate surface area is 263 Å². The fourth-order valence-corrected chi connectivity index (χ4v) is 6.99. The van der Waals surface area contributed by atoms with Crippen molar-refractivity contribution < 1.29 is 33.9 Å². The molecule has 0 amide bonds. The molecule has 1 fully saturated rings. The third-order valence-corrected chi connectivity index (χ3v) is 9.50. The van der Waals surface area contributed by atoms with Gasteiger partial charge in [0.2, 0.25) is 0 Å². The van der Waals surface area contributed by atoms with Crippen LogP contribution in [-0.2, 0) is 25.6 Å². The summed E-state index contributed by atoms with van der Waals surface area (Å²) in [7, 11) is 1.63. The highest BCUT2D eigenvalue weighted by molar-refractivity contribution is 8.00. The Bertz CT molecular complexity index is 1080. The number of hydrogen-bond acceptors (Lipinski definition) is 8. The minimum absolute atomic E-state index is 0.160. The van der Waals surface area contributed by atoms with Crippen molar-refractivity contribution in [2.45, 2.75) is 108 Å². The van der Waals surface area contributed by atoms with Gasteiger partial charge < -0.3 is 33.9 Å². The van der Waals surface area contributed by atoms with Crippen LogP contribution >= 0.6 is 11.8 Å². The van der Waals surface area contributed by atoms with Gasteiger partial charge in [0.1, 0.15) is 29.8 Å². The maximum atomic E-state index is 12.8. The van der Waals surface area contributed by atoms with Crippen molar-refractivity contribution in [2.24, 2.45) is 0 Å². The summed E-state index contributed by atoms with van der Waals surface area (Å²) < 4.78 is 31.0. The molecule has 2 N–H and O–H groups in total. The maximum Gasteiger partial charge on any atom is 0.168 e. The van der Waals surface area contributed by atoms with E-state index in [-0.39, 0.29) is 6.61 Å². The van der Waals surface area contributed by atoms with E-state index in [9.17, 15) is 10.2 Å². The van der Waals surface area contributed by atoms with Gasteiger partial charge in [-0.1, -0.05) is 52.2 Å². The van der Waals surface area contributed by atoms with Crippen molar-refractivity contribution in [2.75, 3.05) is 40.1 Å². The molecule has 1 aliphatic heterocycles. The largest absolute Gasteiger partial charge is 0.496 e. The summed E-state index contributed by atoms with van der Waals surface area (Å²) in [6, 6.07) is 12.2. The molecule has 1 saturated heterocycles. The standard InChI is InChI=1S/C35H54O7S/c1-7-11-18-40-32-31(24-36)43-35(37,34(42-20-13-9-3)33(32)41-19-12-8-2)29-23-27(25(5)21-30(29)38-6)22-26-14-16-28(17-15-26)39-10-4/h14-17,21,23,31-34,36-37H,7-13,18-20,22,24H2,1-6H3/t31-,32-,33+,34-,35?/m1/s1. The predicted molar refractivity (Wildman–Crippen MR) is 174 cm³/mol. The van der Waals surface area contributed by atoms with Crippen LogP contribution in [0, 0.1) is 6.92 Å². The van der Waals surface area contributed by atoms with Gasteiger partial charge in [-0.2, -0.15) is 0 Å². The van der Waals surface area contributed by atoms with E-state index in [1.54, 1.807) is 7.11 Å². The van der Waals surface area contributed by atoms with Crippen LogP contribution in [0.3, 0.4) is 0 Å². The van der Waals surface area contributed by atoms with Gasteiger partial charge >= 0.3 is 0 Å². The summed E-state index contributed by atoms with van der Waals surface area (Å²) >= 11 is 1.30. The zero-order valence-corrected chi connectivity index (χ0v) is 27.9. The number of thioether (sulfide) groups is 1. The summed E-state index contributed by atoms with van der Waals surface area (Å²) in [5.41, 5.74) is 3.91. The highest BCUT2D eigenvalue weighted by Gasteiger charge is 2.57. The molecule has 2 aromatic carbocycles. The fourth-order valence-electron chi connectivity index (χ4n) is 5.46. The van der Waals surface area contributed by atoms with Crippen LogP contribution < -0.4 is 9.47 Å². The highest BCUT2D eigenvalue weighted by atomic mass is 32.2. The van der Waals surface area contributed by atoms with Gasteiger partial charge in [0, 0.05) is 25.4 Å². The molecule has 1 unspecified atom stereocenters. The van der Waals surface area contributed by atoms with Crippen LogP contribution in [0.25, 0.3) is 0 Å². The third-order valence-electron chi connectivity index (χ3n) is 7.97. The van der Waals surface area contributed by atoms with Gasteiger partial charge in [-0.25, -0.2) is 0 Å². The van der Waals surface area contributed by atoms with E-state index in [1.807, 2.05) is 31.2 Å². The molecule has 0 saturated carbocycles. The van der Waals surface area contributed by atoms with E-state index in [0.29, 0.717) is 44.2 Å². The third kappa shape index (κ3) is 9.35. The molecule has 7 nitrogen and oxygen atoms in total. The van der Waals surface area contributed by atoms with Crippen molar-refractivity contribution in [3.05, 3.63) is 58.7 Å². The molecule has 0 radical (unpaired) electrons. The lowest BCUT2D eigenvalue weighted by molar-refractivity contribution is -0.189. The van der Waals surface area contributed by atoms with E-state index in [2.05, 4.69) is 39.8 Å². The Balaban J connectivity index is 2.09. The van der Waals surface area contributed by atoms with Crippen LogP contribution in [-0.4, -0.2) is 73.9 Å². The Morgan fingerprint density at radius 3 is 2.00 bits per heavy atom. The van der Waals surface area contributed by atoms with Gasteiger partial charge in [0.15, 0.2) is 4.93 Å². The zero-order valence-electron chi connectivity index (χ0n) is 27.1. The molecule has 0 bridgehead atoms. The molecule has 1 aliphatic rings. The van der Waals surface area contributed by atoms with Crippen LogP contribution in [0.5, 0.6) is 11.5 Å². The molecular weight excluding hydrogens is 564 g/mol. The van der Waals surface area contributed by atoms with Crippen molar-refractivity contribution in [1.29, 1.82) is 0 Å². The van der Waals surface area contributed by atoms with E-state index < -0.39 is 28.5 Å². The number of ether oxygens (including phenoxy) is 5. The predicted octanol–water partition coefficient (Wildman–Crippen LogP) is 6.80. The lowest BCUT2D eigenvalue weighted by atomic mass is 9.89. The summed E-state index contributed by atoms with van der Waals surface area (Å²) in [6.45, 7) is 12.4. The van der Waals surface area contributed by atoms with Crippen LogP contribution in [0.4, 0.5) is 0 Å². The highest BCUT2D eigenvalue weighted by Crippen LogP contribution is 2.52. The van der Waals surface area contributed by atoms with Crippen molar-refractivity contribution >= 4 is 11.8 Å². The SMILES string of the molecule is CCCCO[C@H]1[C@H](OCCCC)[C@@H](CO)SC(O)(c2cc(Cc3ccc(OCC)cc3)c(C)cc2OC)[C@@H]1OCCCC. The fraction of sp³-hybridized carbons (Fsp3) is 0.657. The van der Waals surface area contributed by atoms with E-state index >= 15 is 0 Å². The minimum atomic E-state index is -1.55. The average molecular weight is 619 g/mol. The van der Waals surface area contributed by atoms with E-state index in [1.165, 1.54) is 11.8 Å². The molecule has 43 heavy (non-hydrogen) atoms. The Morgan fingerprint density at radius 2 is 1.44 bits per heavy atom. The minimum Gasteiger partial charge on any atom is -0.496 e. The molecule has 0 aromatic heterocycles. The monoisotopic (exact) mass is 618 g/mol. The Hall–Kier alpha value is -1.81. The first-order valence-electron chi connectivity index (χ1n) is 16.1. The number of methoxy groups -OCH3 is 1. The molecule has 242 valence electrons. The number of unbranched alkanes of at least 4 members (excludes halogenated alkanes) is 3. The number of hydrogen-bond donors (Lipinski definition) is 2. The first-order chi connectivity index (χ1) is 20.9. The lowest BCUT2D eigenvalue weighted by Gasteiger charge is -2.50. The molecule has 1 heterocycles. The molecule has 0 spiro atoms. The Kier molecular flexibility index (Phi) is 15.1. The average Bonchev–Trinajstić information content (AvgIpc) is 3.01. The van der Waals surface area contributed by atoms with Gasteiger partial charge in [0.05, 0.1) is 25.6 Å². The molecule has 5 atom stereocenters.